The minimum absolute atomic E-state index is 0.0342. The van der Waals surface area contributed by atoms with Crippen molar-refractivity contribution in [3.05, 3.63) is 39.7 Å². The van der Waals surface area contributed by atoms with Gasteiger partial charge in [-0.25, -0.2) is 0 Å². The molecule has 0 saturated heterocycles. The lowest BCUT2D eigenvalue weighted by Gasteiger charge is -2.00. The van der Waals surface area contributed by atoms with E-state index in [1.54, 1.807) is 12.1 Å². The van der Waals surface area contributed by atoms with Crippen LogP contribution in [-0.2, 0) is 0 Å². The zero-order valence-electron chi connectivity index (χ0n) is 8.50. The molecule has 1 N–H and O–H groups in total. The van der Waals surface area contributed by atoms with Crippen LogP contribution in [0.4, 0.5) is 0 Å². The molecule has 0 fully saturated rings. The van der Waals surface area contributed by atoms with Crippen LogP contribution >= 0.6 is 0 Å². The van der Waals surface area contributed by atoms with Gasteiger partial charge in [0.2, 0.25) is 5.43 Å². The molecule has 0 aliphatic heterocycles. The summed E-state index contributed by atoms with van der Waals surface area (Å²) in [6.07, 6.45) is 0. The van der Waals surface area contributed by atoms with E-state index in [-0.39, 0.29) is 16.9 Å². The van der Waals surface area contributed by atoms with Crippen molar-refractivity contribution in [1.29, 1.82) is 0 Å². The van der Waals surface area contributed by atoms with Crippen LogP contribution in [0.5, 0.6) is 0 Å². The molecule has 15 heavy (non-hydrogen) atoms. The predicted molar refractivity (Wildman–Crippen MR) is 57.1 cm³/mol. The second-order valence-electron chi connectivity index (χ2n) is 3.51. The maximum absolute atomic E-state index is 11.8. The number of carbonyl (C=O) groups excluding carboxylic acids is 1. The molecule has 0 spiro atoms. The molecule has 0 saturated carbocycles. The van der Waals surface area contributed by atoms with Gasteiger partial charge in [-0.05, 0) is 19.1 Å². The van der Waals surface area contributed by atoms with E-state index in [1.807, 2.05) is 13.0 Å². The van der Waals surface area contributed by atoms with Crippen LogP contribution in [-0.4, -0.2) is 16.0 Å². The quantitative estimate of drug-likeness (QED) is 0.711. The normalized spacial score (nSPS) is 10.5. The highest BCUT2D eigenvalue weighted by Gasteiger charge is 2.10. The third-order valence-corrected chi connectivity index (χ3v) is 2.26. The molecule has 4 nitrogen and oxygen atoms in total. The average Bonchev–Trinajstić information content (AvgIpc) is 2.19. The van der Waals surface area contributed by atoms with Gasteiger partial charge in [-0.15, -0.1) is 0 Å². The summed E-state index contributed by atoms with van der Waals surface area (Å²) in [6, 6.07) is 5.42. The zero-order valence-corrected chi connectivity index (χ0v) is 8.50. The molecule has 0 atom stereocenters. The number of hydrogen-bond donors (Lipinski definition) is 1. The van der Waals surface area contributed by atoms with Gasteiger partial charge in [0, 0.05) is 12.3 Å². The van der Waals surface area contributed by atoms with Crippen molar-refractivity contribution in [1.82, 2.24) is 10.2 Å². The number of carbonyl (C=O) groups is 1. The molecule has 0 aliphatic rings. The Morgan fingerprint density at radius 3 is 2.80 bits per heavy atom. The molecule has 0 amide bonds. The second-order valence-corrected chi connectivity index (χ2v) is 3.51. The summed E-state index contributed by atoms with van der Waals surface area (Å²) in [7, 11) is 0. The Morgan fingerprint density at radius 1 is 1.40 bits per heavy atom. The molecular weight excluding hydrogens is 192 g/mol. The van der Waals surface area contributed by atoms with Crippen molar-refractivity contribution in [2.45, 2.75) is 13.8 Å². The summed E-state index contributed by atoms with van der Waals surface area (Å²) in [5.74, 6) is -0.320. The van der Waals surface area contributed by atoms with Gasteiger partial charge in [0.1, 0.15) is 0 Å². The summed E-state index contributed by atoms with van der Waals surface area (Å²) in [4.78, 5) is 22.9. The number of aromatic amines is 1. The van der Waals surface area contributed by atoms with Crippen molar-refractivity contribution in [2.24, 2.45) is 0 Å². The third-order valence-electron chi connectivity index (χ3n) is 2.26. The maximum atomic E-state index is 11.8. The van der Waals surface area contributed by atoms with Crippen molar-refractivity contribution in [3.8, 4) is 0 Å². The number of hydrogen-bond acceptors (Lipinski definition) is 3. The highest BCUT2D eigenvalue weighted by molar-refractivity contribution is 5.95. The monoisotopic (exact) mass is 202 g/mol. The van der Waals surface area contributed by atoms with Crippen LogP contribution < -0.4 is 5.43 Å². The Hall–Kier alpha value is -1.97. The second kappa shape index (κ2) is 3.31. The van der Waals surface area contributed by atoms with Crippen LogP contribution in [0.3, 0.4) is 0 Å². The summed E-state index contributed by atoms with van der Waals surface area (Å²) >= 11 is 0. The highest BCUT2D eigenvalue weighted by Crippen LogP contribution is 2.09. The first-order valence-corrected chi connectivity index (χ1v) is 4.59. The minimum atomic E-state index is -0.320. The van der Waals surface area contributed by atoms with Gasteiger partial charge in [0.25, 0.3) is 0 Å². The molecule has 0 aliphatic carbocycles. The number of benzene rings is 1. The predicted octanol–water partition coefficient (Wildman–Crippen LogP) is 1.43. The number of nitrogens with one attached hydrogen (secondary N) is 1. The molecule has 1 aromatic carbocycles. The van der Waals surface area contributed by atoms with Crippen LogP contribution in [0.15, 0.2) is 23.0 Å². The first-order valence-electron chi connectivity index (χ1n) is 4.59. The van der Waals surface area contributed by atoms with E-state index in [9.17, 15) is 9.59 Å². The van der Waals surface area contributed by atoms with E-state index in [4.69, 9.17) is 0 Å². The maximum Gasteiger partial charge on any atom is 0.218 e. The van der Waals surface area contributed by atoms with Crippen LogP contribution in [0.2, 0.25) is 0 Å². The number of aryl methyl sites for hydroxylation is 1. The number of Topliss-reactive ketones (excluding diaryl/α,β-unsaturated/α-hetero) is 1. The summed E-state index contributed by atoms with van der Waals surface area (Å²) in [6.45, 7) is 3.23. The van der Waals surface area contributed by atoms with Crippen LogP contribution in [0, 0.1) is 6.92 Å². The molecule has 1 heterocycles. The Kier molecular flexibility index (Phi) is 2.11. The smallest absolute Gasteiger partial charge is 0.218 e. The van der Waals surface area contributed by atoms with E-state index < -0.39 is 0 Å². The van der Waals surface area contributed by atoms with Crippen molar-refractivity contribution in [2.75, 3.05) is 0 Å². The number of H-pyrrole nitrogens is 1. The molecule has 1 aromatic heterocycles. The van der Waals surface area contributed by atoms with E-state index in [0.717, 1.165) is 5.56 Å². The summed E-state index contributed by atoms with van der Waals surface area (Å²) in [5, 5.41) is 6.96. The fourth-order valence-corrected chi connectivity index (χ4v) is 1.48. The Labute approximate surface area is 85.9 Å². The number of fused-ring (bicyclic) bond motifs is 1. The molecule has 4 heteroatoms. The fourth-order valence-electron chi connectivity index (χ4n) is 1.48. The number of aromatic nitrogens is 2. The molecule has 2 aromatic rings. The number of rotatable bonds is 1. The Balaban J connectivity index is 2.89. The lowest BCUT2D eigenvalue weighted by atomic mass is 10.1. The largest absolute Gasteiger partial charge is 0.293 e. The van der Waals surface area contributed by atoms with E-state index in [1.165, 1.54) is 6.92 Å². The van der Waals surface area contributed by atoms with Gasteiger partial charge in [0.05, 0.1) is 5.52 Å². The van der Waals surface area contributed by atoms with Gasteiger partial charge in [-0.3, -0.25) is 14.7 Å². The number of ketones is 1. The summed E-state index contributed by atoms with van der Waals surface area (Å²) < 4.78 is 0. The topological polar surface area (TPSA) is 62.8 Å². The van der Waals surface area contributed by atoms with Gasteiger partial charge >= 0.3 is 0 Å². The van der Waals surface area contributed by atoms with E-state index in [2.05, 4.69) is 10.2 Å². The summed E-state index contributed by atoms with van der Waals surface area (Å²) in [5.41, 5.74) is 1.29. The molecule has 0 unspecified atom stereocenters. The van der Waals surface area contributed by atoms with Gasteiger partial charge in [-0.1, -0.05) is 11.6 Å². The molecule has 2 rings (SSSR count). The molecule has 76 valence electrons. The first kappa shape index (κ1) is 9.58. The standard InChI is InChI=1S/C11H10N2O2/c1-6-3-4-9-8(5-6)11(15)10(7(2)14)13-12-9/h3-5H,1-2H3,(H,12,15). The molecular formula is C11H10N2O2. The first-order chi connectivity index (χ1) is 7.09. The lowest BCUT2D eigenvalue weighted by Crippen LogP contribution is -2.17. The average molecular weight is 202 g/mol. The highest BCUT2D eigenvalue weighted by atomic mass is 16.1. The van der Waals surface area contributed by atoms with Crippen molar-refractivity contribution >= 4 is 16.7 Å². The fraction of sp³-hybridized carbons (Fsp3) is 0.182. The Bertz CT molecular complexity index is 599. The van der Waals surface area contributed by atoms with Crippen molar-refractivity contribution in [3.63, 3.8) is 0 Å². The van der Waals surface area contributed by atoms with Crippen molar-refractivity contribution < 1.29 is 4.79 Å². The van der Waals surface area contributed by atoms with E-state index in [0.29, 0.717) is 10.9 Å². The zero-order chi connectivity index (χ0) is 11.0. The minimum Gasteiger partial charge on any atom is -0.293 e. The van der Waals surface area contributed by atoms with Gasteiger partial charge in [-0.2, -0.15) is 5.10 Å². The van der Waals surface area contributed by atoms with Crippen LogP contribution in [0.1, 0.15) is 23.0 Å². The molecule has 0 bridgehead atoms. The van der Waals surface area contributed by atoms with E-state index >= 15 is 0 Å². The third kappa shape index (κ3) is 1.54. The molecule has 0 radical (unpaired) electrons. The van der Waals surface area contributed by atoms with Gasteiger partial charge in [0.15, 0.2) is 11.5 Å². The van der Waals surface area contributed by atoms with Crippen LogP contribution in [0.25, 0.3) is 10.9 Å². The lowest BCUT2D eigenvalue weighted by molar-refractivity contribution is 0.101. The Morgan fingerprint density at radius 2 is 2.13 bits per heavy atom. The van der Waals surface area contributed by atoms with Gasteiger partial charge < -0.3 is 0 Å². The number of nitrogens with zero attached hydrogens (tertiary/aromatic N) is 1. The SMILES string of the molecule is CC(=O)c1n[nH]c2ccc(C)cc2c1=O.